The Morgan fingerprint density at radius 1 is 1.35 bits per heavy atom. The Morgan fingerprint density at radius 2 is 2.06 bits per heavy atom. The number of benzene rings is 1. The summed E-state index contributed by atoms with van der Waals surface area (Å²) in [6.07, 6.45) is 1.99. The van der Waals surface area contributed by atoms with Gasteiger partial charge in [0.1, 0.15) is 11.5 Å². The van der Waals surface area contributed by atoms with Gasteiger partial charge in [-0.05, 0) is 31.5 Å². The van der Waals surface area contributed by atoms with E-state index in [-0.39, 0.29) is 6.10 Å². The van der Waals surface area contributed by atoms with Gasteiger partial charge in [0.05, 0.1) is 13.2 Å². The Morgan fingerprint density at radius 3 is 2.59 bits per heavy atom. The molecule has 5 heteroatoms. The van der Waals surface area contributed by atoms with Crippen LogP contribution in [0.2, 0.25) is 0 Å². The van der Waals surface area contributed by atoms with Gasteiger partial charge in [-0.15, -0.1) is 0 Å². The third kappa shape index (κ3) is 3.95. The fourth-order valence-corrected chi connectivity index (χ4v) is 1.64. The van der Waals surface area contributed by atoms with E-state index in [9.17, 15) is 10.0 Å². The molecule has 0 aliphatic heterocycles. The highest BCUT2D eigenvalue weighted by molar-refractivity contribution is 6.59. The van der Waals surface area contributed by atoms with Crippen LogP contribution in [0.25, 0.3) is 0 Å². The van der Waals surface area contributed by atoms with E-state index in [4.69, 9.17) is 9.47 Å². The molecule has 1 rings (SSSR count). The van der Waals surface area contributed by atoms with Gasteiger partial charge in [-0.25, -0.2) is 0 Å². The quantitative estimate of drug-likeness (QED) is 0.724. The van der Waals surface area contributed by atoms with E-state index in [2.05, 4.69) is 6.92 Å². The summed E-state index contributed by atoms with van der Waals surface area (Å²) < 4.78 is 10.7. The van der Waals surface area contributed by atoms with Gasteiger partial charge in [-0.2, -0.15) is 0 Å². The lowest BCUT2D eigenvalue weighted by molar-refractivity contribution is 0.211. The van der Waals surface area contributed by atoms with Crippen LogP contribution in [0.15, 0.2) is 18.2 Å². The van der Waals surface area contributed by atoms with Crippen molar-refractivity contribution in [2.45, 2.75) is 32.8 Å². The van der Waals surface area contributed by atoms with E-state index >= 15 is 0 Å². The monoisotopic (exact) mass is 238 g/mol. The molecule has 1 aromatic carbocycles. The molecular formula is C12H19BO4. The van der Waals surface area contributed by atoms with Crippen molar-refractivity contribution in [1.82, 2.24) is 0 Å². The van der Waals surface area contributed by atoms with Gasteiger partial charge in [0.2, 0.25) is 0 Å². The van der Waals surface area contributed by atoms with Crippen LogP contribution in [-0.4, -0.2) is 30.4 Å². The molecule has 17 heavy (non-hydrogen) atoms. The standard InChI is InChI=1S/C12H19BO4/c1-4-5-9(2)17-12-7-6-10(16-3)8-11(12)13(14)15/h6-9,14-15H,4-5H2,1-3H3. The van der Waals surface area contributed by atoms with Gasteiger partial charge in [0.15, 0.2) is 0 Å². The number of hydrogen-bond acceptors (Lipinski definition) is 4. The van der Waals surface area contributed by atoms with Gasteiger partial charge < -0.3 is 19.5 Å². The Hall–Kier alpha value is -1.20. The molecule has 1 unspecified atom stereocenters. The van der Waals surface area contributed by atoms with Crippen molar-refractivity contribution < 1.29 is 19.5 Å². The van der Waals surface area contributed by atoms with E-state index in [0.717, 1.165) is 12.8 Å². The first-order valence-corrected chi connectivity index (χ1v) is 5.79. The van der Waals surface area contributed by atoms with Crippen molar-refractivity contribution in [2.24, 2.45) is 0 Å². The van der Waals surface area contributed by atoms with E-state index in [1.807, 2.05) is 6.92 Å². The van der Waals surface area contributed by atoms with Crippen molar-refractivity contribution in [3.05, 3.63) is 18.2 Å². The molecule has 0 heterocycles. The number of rotatable bonds is 6. The van der Waals surface area contributed by atoms with E-state index in [1.165, 1.54) is 7.11 Å². The lowest BCUT2D eigenvalue weighted by atomic mass is 9.79. The topological polar surface area (TPSA) is 58.9 Å². The normalized spacial score (nSPS) is 12.1. The second kappa shape index (κ2) is 6.52. The molecule has 4 nitrogen and oxygen atoms in total. The number of hydrogen-bond donors (Lipinski definition) is 2. The Bertz CT molecular complexity index is 354. The first kappa shape index (κ1) is 13.9. The SMILES string of the molecule is CCCC(C)Oc1ccc(OC)cc1B(O)O. The summed E-state index contributed by atoms with van der Waals surface area (Å²) in [7, 11) is -0.0303. The first-order valence-electron chi connectivity index (χ1n) is 5.79. The lowest BCUT2D eigenvalue weighted by Crippen LogP contribution is -2.32. The van der Waals surface area contributed by atoms with Crippen LogP contribution in [0.4, 0.5) is 0 Å². The third-order valence-corrected chi connectivity index (χ3v) is 2.52. The Labute approximate surface area is 102 Å². The van der Waals surface area contributed by atoms with E-state index in [0.29, 0.717) is 17.0 Å². The average molecular weight is 238 g/mol. The molecule has 0 aliphatic rings. The molecule has 1 aromatic rings. The van der Waals surface area contributed by atoms with Gasteiger partial charge >= 0.3 is 7.12 Å². The van der Waals surface area contributed by atoms with Crippen molar-refractivity contribution in [1.29, 1.82) is 0 Å². The lowest BCUT2D eigenvalue weighted by Gasteiger charge is -2.17. The predicted octanol–water partition coefficient (Wildman–Crippen LogP) is 0.942. The molecule has 1 atom stereocenters. The zero-order valence-corrected chi connectivity index (χ0v) is 10.5. The predicted molar refractivity (Wildman–Crippen MR) is 67.8 cm³/mol. The highest BCUT2D eigenvalue weighted by atomic mass is 16.5. The number of methoxy groups -OCH3 is 1. The van der Waals surface area contributed by atoms with Gasteiger partial charge in [0, 0.05) is 5.46 Å². The molecule has 0 spiro atoms. The van der Waals surface area contributed by atoms with E-state index < -0.39 is 7.12 Å². The maximum atomic E-state index is 9.29. The first-order chi connectivity index (χ1) is 8.08. The summed E-state index contributed by atoms with van der Waals surface area (Å²) in [6, 6.07) is 5.00. The molecule has 0 bridgehead atoms. The van der Waals surface area contributed by atoms with Crippen LogP contribution < -0.4 is 14.9 Å². The zero-order valence-electron chi connectivity index (χ0n) is 10.5. The summed E-state index contributed by atoms with van der Waals surface area (Å²) >= 11 is 0. The van der Waals surface area contributed by atoms with Crippen LogP contribution in [0.5, 0.6) is 11.5 Å². The highest BCUT2D eigenvalue weighted by Gasteiger charge is 2.19. The van der Waals surface area contributed by atoms with Crippen LogP contribution >= 0.6 is 0 Å². The van der Waals surface area contributed by atoms with Crippen molar-refractivity contribution in [3.63, 3.8) is 0 Å². The molecular weight excluding hydrogens is 219 g/mol. The second-order valence-corrected chi connectivity index (χ2v) is 3.99. The fourth-order valence-electron chi connectivity index (χ4n) is 1.64. The van der Waals surface area contributed by atoms with Crippen LogP contribution in [0.3, 0.4) is 0 Å². The molecule has 94 valence electrons. The maximum absolute atomic E-state index is 9.29. The minimum absolute atomic E-state index is 0.0471. The highest BCUT2D eigenvalue weighted by Crippen LogP contribution is 2.17. The largest absolute Gasteiger partial charge is 0.497 e. The van der Waals surface area contributed by atoms with Crippen LogP contribution in [0, 0.1) is 0 Å². The van der Waals surface area contributed by atoms with Crippen molar-refractivity contribution in [2.75, 3.05) is 7.11 Å². The average Bonchev–Trinajstić information content (AvgIpc) is 2.29. The molecule has 0 aliphatic carbocycles. The summed E-state index contributed by atoms with van der Waals surface area (Å²) in [4.78, 5) is 0. The fraction of sp³-hybridized carbons (Fsp3) is 0.500. The summed E-state index contributed by atoms with van der Waals surface area (Å²) in [5.74, 6) is 1.06. The smallest absolute Gasteiger partial charge is 0.492 e. The van der Waals surface area contributed by atoms with Crippen molar-refractivity contribution >= 4 is 12.6 Å². The van der Waals surface area contributed by atoms with Crippen LogP contribution in [0.1, 0.15) is 26.7 Å². The second-order valence-electron chi connectivity index (χ2n) is 3.99. The Kier molecular flexibility index (Phi) is 5.32. The zero-order chi connectivity index (χ0) is 12.8. The Balaban J connectivity index is 2.90. The van der Waals surface area contributed by atoms with E-state index in [1.54, 1.807) is 18.2 Å². The summed E-state index contributed by atoms with van der Waals surface area (Å²) in [5.41, 5.74) is 0.326. The van der Waals surface area contributed by atoms with Gasteiger partial charge in [0.25, 0.3) is 0 Å². The summed E-state index contributed by atoms with van der Waals surface area (Å²) in [5, 5.41) is 18.6. The van der Waals surface area contributed by atoms with Crippen molar-refractivity contribution in [3.8, 4) is 11.5 Å². The van der Waals surface area contributed by atoms with Crippen LogP contribution in [-0.2, 0) is 0 Å². The summed E-state index contributed by atoms with van der Waals surface area (Å²) in [6.45, 7) is 4.04. The molecule has 0 saturated heterocycles. The molecule has 0 saturated carbocycles. The maximum Gasteiger partial charge on any atom is 0.492 e. The minimum atomic E-state index is -1.56. The minimum Gasteiger partial charge on any atom is -0.497 e. The van der Waals surface area contributed by atoms with Gasteiger partial charge in [-0.1, -0.05) is 13.3 Å². The number of ether oxygens (including phenoxy) is 2. The molecule has 0 fully saturated rings. The molecule has 0 aromatic heterocycles. The van der Waals surface area contributed by atoms with Gasteiger partial charge in [-0.3, -0.25) is 0 Å². The molecule has 0 amide bonds. The third-order valence-electron chi connectivity index (χ3n) is 2.52. The molecule has 2 N–H and O–H groups in total. The molecule has 0 radical (unpaired) electrons.